The molecule has 0 saturated carbocycles. The molecule has 14 heavy (non-hydrogen) atoms. The van der Waals surface area contributed by atoms with Gasteiger partial charge < -0.3 is 10.5 Å². The number of benzene rings is 1. The quantitative estimate of drug-likeness (QED) is 0.789. The van der Waals surface area contributed by atoms with Gasteiger partial charge in [0, 0.05) is 12.7 Å². The smallest absolute Gasteiger partial charge is 0.129 e. The Morgan fingerprint density at radius 1 is 1.64 bits per heavy atom. The van der Waals surface area contributed by atoms with Gasteiger partial charge in [0.2, 0.25) is 0 Å². The summed E-state index contributed by atoms with van der Waals surface area (Å²) in [5.41, 5.74) is 6.30. The van der Waals surface area contributed by atoms with Crippen molar-refractivity contribution < 1.29 is 9.13 Å². The Bertz CT molecular complexity index is 360. The summed E-state index contributed by atoms with van der Waals surface area (Å²) in [5, 5.41) is 8.52. The Morgan fingerprint density at radius 3 is 2.86 bits per heavy atom. The van der Waals surface area contributed by atoms with E-state index in [1.807, 2.05) is 6.07 Å². The molecule has 0 radical (unpaired) electrons. The van der Waals surface area contributed by atoms with Gasteiger partial charge in [-0.05, 0) is 12.1 Å². The van der Waals surface area contributed by atoms with Gasteiger partial charge in [-0.1, -0.05) is 6.07 Å². The first kappa shape index (κ1) is 10.6. The molecule has 74 valence electrons. The summed E-state index contributed by atoms with van der Waals surface area (Å²) in [4.78, 5) is 0. The first-order valence-corrected chi connectivity index (χ1v) is 4.13. The van der Waals surface area contributed by atoms with E-state index in [-0.39, 0.29) is 12.2 Å². The van der Waals surface area contributed by atoms with E-state index >= 15 is 0 Å². The van der Waals surface area contributed by atoms with Crippen molar-refractivity contribution >= 4 is 0 Å². The van der Waals surface area contributed by atoms with Gasteiger partial charge in [-0.15, -0.1) is 0 Å². The van der Waals surface area contributed by atoms with Gasteiger partial charge in [-0.25, -0.2) is 4.39 Å². The molecule has 0 saturated heterocycles. The van der Waals surface area contributed by atoms with Crippen molar-refractivity contribution in [2.45, 2.75) is 6.04 Å². The third-order valence-corrected chi connectivity index (χ3v) is 1.88. The molecule has 0 bridgehead atoms. The predicted molar refractivity (Wildman–Crippen MR) is 49.9 cm³/mol. The molecule has 0 aliphatic carbocycles. The number of ether oxygens (including phenoxy) is 1. The highest BCUT2D eigenvalue weighted by Crippen LogP contribution is 2.16. The molecule has 3 nitrogen and oxygen atoms in total. The van der Waals surface area contributed by atoms with Crippen molar-refractivity contribution in [2.75, 3.05) is 13.7 Å². The first-order valence-electron chi connectivity index (χ1n) is 4.13. The maximum atomic E-state index is 13.3. The zero-order valence-electron chi connectivity index (χ0n) is 7.83. The van der Waals surface area contributed by atoms with Gasteiger partial charge in [0.05, 0.1) is 24.3 Å². The summed E-state index contributed by atoms with van der Waals surface area (Å²) < 4.78 is 18.1. The molecule has 0 spiro atoms. The molecule has 1 atom stereocenters. The van der Waals surface area contributed by atoms with Gasteiger partial charge in [-0.2, -0.15) is 5.26 Å². The van der Waals surface area contributed by atoms with Crippen LogP contribution in [-0.2, 0) is 4.74 Å². The second kappa shape index (κ2) is 4.70. The van der Waals surface area contributed by atoms with Crippen molar-refractivity contribution in [1.29, 1.82) is 5.26 Å². The monoisotopic (exact) mass is 194 g/mol. The van der Waals surface area contributed by atoms with Crippen molar-refractivity contribution in [2.24, 2.45) is 5.73 Å². The molecule has 1 aromatic rings. The van der Waals surface area contributed by atoms with Crippen molar-refractivity contribution in [3.63, 3.8) is 0 Å². The molecule has 1 rings (SSSR count). The van der Waals surface area contributed by atoms with Gasteiger partial charge >= 0.3 is 0 Å². The highest BCUT2D eigenvalue weighted by Gasteiger charge is 2.11. The van der Waals surface area contributed by atoms with Crippen LogP contribution >= 0.6 is 0 Å². The first-order chi connectivity index (χ1) is 6.69. The second-order valence-corrected chi connectivity index (χ2v) is 2.91. The van der Waals surface area contributed by atoms with Crippen LogP contribution in [0.4, 0.5) is 4.39 Å². The fourth-order valence-electron chi connectivity index (χ4n) is 1.17. The van der Waals surface area contributed by atoms with E-state index in [1.165, 1.54) is 25.3 Å². The van der Waals surface area contributed by atoms with Crippen LogP contribution in [0.25, 0.3) is 0 Å². The fourth-order valence-corrected chi connectivity index (χ4v) is 1.17. The van der Waals surface area contributed by atoms with E-state index in [2.05, 4.69) is 0 Å². The lowest BCUT2D eigenvalue weighted by Gasteiger charge is -2.11. The normalized spacial score (nSPS) is 12.1. The zero-order valence-corrected chi connectivity index (χ0v) is 7.83. The number of nitriles is 1. The fraction of sp³-hybridized carbons (Fsp3) is 0.300. The Hall–Kier alpha value is -1.44. The highest BCUT2D eigenvalue weighted by atomic mass is 19.1. The molecular weight excluding hydrogens is 183 g/mol. The lowest BCUT2D eigenvalue weighted by molar-refractivity contribution is 0.179. The van der Waals surface area contributed by atoms with Crippen LogP contribution in [0, 0.1) is 17.1 Å². The van der Waals surface area contributed by atoms with Crippen LogP contribution in [0.2, 0.25) is 0 Å². The summed E-state index contributed by atoms with van der Waals surface area (Å²) in [6.45, 7) is 0.253. The van der Waals surface area contributed by atoms with Crippen LogP contribution in [-0.4, -0.2) is 13.7 Å². The number of rotatable bonds is 3. The van der Waals surface area contributed by atoms with E-state index in [9.17, 15) is 4.39 Å². The van der Waals surface area contributed by atoms with Gasteiger partial charge in [0.15, 0.2) is 0 Å². The average Bonchev–Trinajstić information content (AvgIpc) is 2.17. The molecule has 4 heteroatoms. The summed E-state index contributed by atoms with van der Waals surface area (Å²) in [6.07, 6.45) is 0. The third kappa shape index (κ3) is 2.28. The molecule has 0 aromatic heterocycles. The third-order valence-electron chi connectivity index (χ3n) is 1.88. The highest BCUT2D eigenvalue weighted by molar-refractivity contribution is 5.34. The van der Waals surface area contributed by atoms with E-state index in [0.29, 0.717) is 5.56 Å². The van der Waals surface area contributed by atoms with E-state index in [1.54, 1.807) is 0 Å². The van der Waals surface area contributed by atoms with Crippen molar-refractivity contribution in [3.8, 4) is 6.07 Å². The van der Waals surface area contributed by atoms with Crippen LogP contribution < -0.4 is 5.73 Å². The molecule has 0 fully saturated rings. The Morgan fingerprint density at radius 2 is 2.36 bits per heavy atom. The van der Waals surface area contributed by atoms with Crippen LogP contribution in [0.15, 0.2) is 18.2 Å². The topological polar surface area (TPSA) is 59.0 Å². The van der Waals surface area contributed by atoms with E-state index in [4.69, 9.17) is 15.7 Å². The molecule has 0 aliphatic heterocycles. The van der Waals surface area contributed by atoms with Crippen molar-refractivity contribution in [1.82, 2.24) is 0 Å². The summed E-state index contributed by atoms with van der Waals surface area (Å²) in [6, 6.07) is 5.58. The number of methoxy groups -OCH3 is 1. The number of hydrogen-bond donors (Lipinski definition) is 1. The zero-order chi connectivity index (χ0) is 10.6. The van der Waals surface area contributed by atoms with Crippen LogP contribution in [0.3, 0.4) is 0 Å². The minimum Gasteiger partial charge on any atom is -0.383 e. The predicted octanol–water partition coefficient (Wildman–Crippen LogP) is 1.34. The Kier molecular flexibility index (Phi) is 3.57. The molecular formula is C10H11FN2O. The lowest BCUT2D eigenvalue weighted by Crippen LogP contribution is -2.17. The molecule has 2 N–H and O–H groups in total. The minimum atomic E-state index is -0.493. The van der Waals surface area contributed by atoms with Crippen molar-refractivity contribution in [3.05, 3.63) is 35.1 Å². The summed E-state index contributed by atoms with van der Waals surface area (Å²) >= 11 is 0. The van der Waals surface area contributed by atoms with E-state index < -0.39 is 11.9 Å². The minimum absolute atomic E-state index is 0.253. The number of halogens is 1. The standard InChI is InChI=1S/C10H11FN2O/c1-14-6-10(13)8-3-2-7(5-12)4-9(8)11/h2-4,10H,6,13H2,1H3. The van der Waals surface area contributed by atoms with Gasteiger partial charge in [0.25, 0.3) is 0 Å². The molecule has 1 unspecified atom stereocenters. The molecule has 1 aromatic carbocycles. The van der Waals surface area contributed by atoms with Gasteiger partial charge in [0.1, 0.15) is 5.82 Å². The maximum absolute atomic E-state index is 13.3. The SMILES string of the molecule is COCC(N)c1ccc(C#N)cc1F. The Labute approximate surface area is 81.9 Å². The van der Waals surface area contributed by atoms with E-state index in [0.717, 1.165) is 0 Å². The molecule has 0 heterocycles. The second-order valence-electron chi connectivity index (χ2n) is 2.91. The lowest BCUT2D eigenvalue weighted by atomic mass is 10.1. The Balaban J connectivity index is 2.95. The number of hydrogen-bond acceptors (Lipinski definition) is 3. The average molecular weight is 194 g/mol. The molecule has 0 aliphatic rings. The maximum Gasteiger partial charge on any atom is 0.129 e. The number of nitrogens with two attached hydrogens (primary N) is 1. The number of nitrogens with zero attached hydrogens (tertiary/aromatic N) is 1. The van der Waals surface area contributed by atoms with Gasteiger partial charge in [-0.3, -0.25) is 0 Å². The largest absolute Gasteiger partial charge is 0.383 e. The van der Waals surface area contributed by atoms with Crippen LogP contribution in [0.1, 0.15) is 17.2 Å². The van der Waals surface area contributed by atoms with Crippen LogP contribution in [0.5, 0.6) is 0 Å². The summed E-state index contributed by atoms with van der Waals surface area (Å²) in [7, 11) is 1.50. The summed E-state index contributed by atoms with van der Waals surface area (Å²) in [5.74, 6) is -0.464. The molecule has 0 amide bonds.